The summed E-state index contributed by atoms with van der Waals surface area (Å²) < 4.78 is 13.5. The van der Waals surface area contributed by atoms with E-state index in [1.54, 1.807) is 18.2 Å². The first kappa shape index (κ1) is 17.9. The van der Waals surface area contributed by atoms with Crippen molar-refractivity contribution in [2.24, 2.45) is 0 Å². The van der Waals surface area contributed by atoms with Crippen LogP contribution in [-0.4, -0.2) is 10.9 Å². The first-order chi connectivity index (χ1) is 13.5. The van der Waals surface area contributed by atoms with Crippen LogP contribution in [-0.2, 0) is 0 Å². The number of fused-ring (bicyclic) bond motifs is 1. The van der Waals surface area contributed by atoms with E-state index in [0.29, 0.717) is 11.3 Å². The lowest BCUT2D eigenvalue weighted by molar-refractivity contribution is 0.102. The summed E-state index contributed by atoms with van der Waals surface area (Å²) in [6, 6.07) is 21.4. The number of pyridine rings is 1. The number of nitrogens with one attached hydrogen (secondary N) is 1. The third-order valence-corrected chi connectivity index (χ3v) is 4.70. The first-order valence-corrected chi connectivity index (χ1v) is 9.05. The number of para-hydroxylation sites is 1. The number of carbonyl (C=O) groups is 1. The fraction of sp³-hybridized carbons (Fsp3) is 0.0833. The molecule has 4 aromatic rings. The van der Waals surface area contributed by atoms with Gasteiger partial charge in [-0.1, -0.05) is 48.0 Å². The van der Waals surface area contributed by atoms with Crippen LogP contribution in [0.1, 0.15) is 21.5 Å². The maximum atomic E-state index is 13.5. The summed E-state index contributed by atoms with van der Waals surface area (Å²) in [5.41, 5.74) is 5.65. The molecule has 0 fully saturated rings. The van der Waals surface area contributed by atoms with Crippen LogP contribution < -0.4 is 5.32 Å². The number of aryl methyl sites for hydroxylation is 2. The third-order valence-electron chi connectivity index (χ3n) is 4.70. The maximum absolute atomic E-state index is 13.5. The Morgan fingerprint density at radius 3 is 2.54 bits per heavy atom. The Kier molecular flexibility index (Phi) is 4.62. The van der Waals surface area contributed by atoms with E-state index in [9.17, 15) is 9.18 Å². The van der Waals surface area contributed by atoms with Gasteiger partial charge in [-0.15, -0.1) is 0 Å². The molecule has 0 bridgehead atoms. The lowest BCUT2D eigenvalue weighted by Crippen LogP contribution is -2.13. The Morgan fingerprint density at radius 2 is 1.75 bits per heavy atom. The molecule has 4 heteroatoms. The van der Waals surface area contributed by atoms with E-state index < -0.39 is 5.82 Å². The molecule has 1 aromatic heterocycles. The van der Waals surface area contributed by atoms with Crippen molar-refractivity contribution in [3.63, 3.8) is 0 Å². The van der Waals surface area contributed by atoms with Gasteiger partial charge in [0.15, 0.2) is 0 Å². The largest absolute Gasteiger partial charge is 0.322 e. The highest BCUT2D eigenvalue weighted by atomic mass is 19.1. The van der Waals surface area contributed by atoms with Crippen LogP contribution in [0.15, 0.2) is 72.8 Å². The first-order valence-electron chi connectivity index (χ1n) is 9.05. The molecule has 0 aliphatic carbocycles. The van der Waals surface area contributed by atoms with Gasteiger partial charge in [0.1, 0.15) is 5.82 Å². The zero-order valence-corrected chi connectivity index (χ0v) is 15.7. The van der Waals surface area contributed by atoms with Crippen molar-refractivity contribution in [3.05, 3.63) is 95.3 Å². The van der Waals surface area contributed by atoms with Crippen LogP contribution in [0, 0.1) is 19.7 Å². The number of anilines is 1. The van der Waals surface area contributed by atoms with Gasteiger partial charge < -0.3 is 5.32 Å². The predicted octanol–water partition coefficient (Wildman–Crippen LogP) is 5.91. The number of hydrogen-bond acceptors (Lipinski definition) is 2. The number of carbonyl (C=O) groups excluding carboxylic acids is 1. The highest BCUT2D eigenvalue weighted by Gasteiger charge is 2.15. The minimum atomic E-state index is -0.395. The Balaban J connectivity index is 1.83. The molecule has 0 aliphatic rings. The molecule has 3 aromatic carbocycles. The average molecular weight is 370 g/mol. The van der Waals surface area contributed by atoms with Gasteiger partial charge in [0.2, 0.25) is 0 Å². The van der Waals surface area contributed by atoms with Gasteiger partial charge >= 0.3 is 0 Å². The molecule has 0 spiro atoms. The van der Waals surface area contributed by atoms with E-state index in [4.69, 9.17) is 4.98 Å². The van der Waals surface area contributed by atoms with Crippen molar-refractivity contribution in [2.45, 2.75) is 13.8 Å². The van der Waals surface area contributed by atoms with Crippen molar-refractivity contribution >= 4 is 22.5 Å². The fourth-order valence-electron chi connectivity index (χ4n) is 3.37. The van der Waals surface area contributed by atoms with E-state index in [1.165, 1.54) is 17.7 Å². The van der Waals surface area contributed by atoms with Crippen molar-refractivity contribution < 1.29 is 9.18 Å². The molecule has 0 radical (unpaired) electrons. The van der Waals surface area contributed by atoms with Crippen LogP contribution in [0.25, 0.3) is 22.2 Å². The lowest BCUT2D eigenvalue weighted by Gasteiger charge is -2.12. The number of rotatable bonds is 3. The highest BCUT2D eigenvalue weighted by Crippen LogP contribution is 2.28. The second-order valence-electron chi connectivity index (χ2n) is 6.86. The topological polar surface area (TPSA) is 42.0 Å². The fourth-order valence-corrected chi connectivity index (χ4v) is 3.37. The smallest absolute Gasteiger partial charge is 0.256 e. The third kappa shape index (κ3) is 3.49. The van der Waals surface area contributed by atoms with Crippen molar-refractivity contribution in [1.29, 1.82) is 0 Å². The Bertz CT molecular complexity index is 1200. The van der Waals surface area contributed by atoms with Crippen LogP contribution in [0.5, 0.6) is 0 Å². The van der Waals surface area contributed by atoms with Crippen molar-refractivity contribution in [3.8, 4) is 11.3 Å². The number of nitrogens with zero attached hydrogens (tertiary/aromatic N) is 1. The van der Waals surface area contributed by atoms with Crippen LogP contribution in [0.2, 0.25) is 0 Å². The summed E-state index contributed by atoms with van der Waals surface area (Å²) in [7, 11) is 0. The summed E-state index contributed by atoms with van der Waals surface area (Å²) in [4.78, 5) is 17.8. The minimum absolute atomic E-state index is 0.296. The standard InChI is InChI=1S/C24H19FN2O/c1-15-10-11-19(16(2)12-15)23-14-21(20-8-3-4-9-22(20)27-23)24(28)26-18-7-5-6-17(25)13-18/h3-14H,1-2H3,(H,26,28). The molecule has 4 rings (SSSR count). The van der Waals surface area contributed by atoms with Crippen LogP contribution in [0.3, 0.4) is 0 Å². The van der Waals surface area contributed by atoms with Gasteiger partial charge in [-0.05, 0) is 49.7 Å². The minimum Gasteiger partial charge on any atom is -0.322 e. The van der Waals surface area contributed by atoms with Gasteiger partial charge in [-0.25, -0.2) is 9.37 Å². The lowest BCUT2D eigenvalue weighted by atomic mass is 9.99. The summed E-state index contributed by atoms with van der Waals surface area (Å²) >= 11 is 0. The monoisotopic (exact) mass is 370 g/mol. The van der Waals surface area contributed by atoms with Crippen LogP contribution in [0.4, 0.5) is 10.1 Å². The molecule has 1 N–H and O–H groups in total. The zero-order chi connectivity index (χ0) is 19.7. The molecule has 0 unspecified atom stereocenters. The number of benzene rings is 3. The van der Waals surface area contributed by atoms with E-state index >= 15 is 0 Å². The Hall–Kier alpha value is -3.53. The van der Waals surface area contributed by atoms with Gasteiger partial charge in [0.25, 0.3) is 5.91 Å². The van der Waals surface area contributed by atoms with E-state index in [1.807, 2.05) is 50.2 Å². The molecular weight excluding hydrogens is 351 g/mol. The number of aromatic nitrogens is 1. The average Bonchev–Trinajstić information content (AvgIpc) is 2.67. The summed E-state index contributed by atoms with van der Waals surface area (Å²) in [6.07, 6.45) is 0. The molecular formula is C24H19FN2O. The summed E-state index contributed by atoms with van der Waals surface area (Å²) in [5, 5.41) is 3.54. The molecule has 0 aliphatic heterocycles. The van der Waals surface area contributed by atoms with Crippen molar-refractivity contribution in [1.82, 2.24) is 4.98 Å². The zero-order valence-electron chi connectivity index (χ0n) is 15.7. The molecule has 28 heavy (non-hydrogen) atoms. The highest BCUT2D eigenvalue weighted by molar-refractivity contribution is 6.13. The number of amides is 1. The van der Waals surface area contributed by atoms with Gasteiger partial charge in [-0.3, -0.25) is 4.79 Å². The van der Waals surface area contributed by atoms with Gasteiger partial charge in [0.05, 0.1) is 16.8 Å². The quantitative estimate of drug-likeness (QED) is 0.487. The van der Waals surface area contributed by atoms with E-state index in [-0.39, 0.29) is 5.91 Å². The second kappa shape index (κ2) is 7.24. The van der Waals surface area contributed by atoms with Gasteiger partial charge in [0, 0.05) is 16.6 Å². The molecule has 3 nitrogen and oxygen atoms in total. The van der Waals surface area contributed by atoms with Gasteiger partial charge in [-0.2, -0.15) is 0 Å². The predicted molar refractivity (Wildman–Crippen MR) is 111 cm³/mol. The van der Waals surface area contributed by atoms with Crippen molar-refractivity contribution in [2.75, 3.05) is 5.32 Å². The van der Waals surface area contributed by atoms with Crippen LogP contribution >= 0.6 is 0 Å². The molecule has 0 saturated heterocycles. The Labute approximate surface area is 162 Å². The Morgan fingerprint density at radius 1 is 0.929 bits per heavy atom. The number of hydrogen-bond donors (Lipinski definition) is 1. The molecule has 0 saturated carbocycles. The SMILES string of the molecule is Cc1ccc(-c2cc(C(=O)Nc3cccc(F)c3)c3ccccc3n2)c(C)c1. The molecule has 1 amide bonds. The summed E-state index contributed by atoms with van der Waals surface area (Å²) in [5.74, 6) is -0.691. The number of halogens is 1. The molecule has 1 heterocycles. The van der Waals surface area contributed by atoms with E-state index in [2.05, 4.69) is 11.4 Å². The normalized spacial score (nSPS) is 10.8. The van der Waals surface area contributed by atoms with E-state index in [0.717, 1.165) is 27.7 Å². The summed E-state index contributed by atoms with van der Waals surface area (Å²) in [6.45, 7) is 4.08. The maximum Gasteiger partial charge on any atom is 0.256 e. The second-order valence-corrected chi connectivity index (χ2v) is 6.86. The molecule has 0 atom stereocenters. The molecule has 138 valence electrons.